The van der Waals surface area contributed by atoms with Crippen LogP contribution < -0.4 is 14.4 Å². The molecular formula is C23H21F2NO3. The molecule has 1 unspecified atom stereocenters. The first-order chi connectivity index (χ1) is 13.9. The van der Waals surface area contributed by atoms with Crippen molar-refractivity contribution in [2.24, 2.45) is 0 Å². The topological polar surface area (TPSA) is 38.8 Å². The molecule has 6 heteroatoms. The monoisotopic (exact) mass is 397 g/mol. The molecule has 0 N–H and O–H groups in total. The van der Waals surface area contributed by atoms with E-state index in [1.54, 1.807) is 31.2 Å². The highest BCUT2D eigenvalue weighted by molar-refractivity contribution is 5.94. The van der Waals surface area contributed by atoms with Gasteiger partial charge >= 0.3 is 0 Å². The van der Waals surface area contributed by atoms with Crippen LogP contribution in [-0.2, 0) is 4.79 Å². The average Bonchev–Trinajstić information content (AvgIpc) is 2.71. The Morgan fingerprint density at radius 1 is 0.966 bits per heavy atom. The Kier molecular flexibility index (Phi) is 6.12. The van der Waals surface area contributed by atoms with Gasteiger partial charge in [0.25, 0.3) is 0 Å². The summed E-state index contributed by atoms with van der Waals surface area (Å²) in [6.45, 7) is 3.00. The molecule has 29 heavy (non-hydrogen) atoms. The van der Waals surface area contributed by atoms with Crippen LogP contribution in [0.25, 0.3) is 0 Å². The lowest BCUT2D eigenvalue weighted by molar-refractivity contribution is -0.117. The van der Waals surface area contributed by atoms with Crippen molar-refractivity contribution in [1.82, 2.24) is 0 Å². The van der Waals surface area contributed by atoms with Gasteiger partial charge < -0.3 is 14.4 Å². The number of halogens is 2. The summed E-state index contributed by atoms with van der Waals surface area (Å²) in [4.78, 5) is 13.8. The molecule has 1 amide bonds. The van der Waals surface area contributed by atoms with Crippen LogP contribution in [0.15, 0.2) is 66.7 Å². The minimum Gasteiger partial charge on any atom is -0.497 e. The number of nitrogens with zero attached hydrogens (tertiary/aromatic N) is 1. The van der Waals surface area contributed by atoms with E-state index < -0.39 is 17.7 Å². The second-order valence-electron chi connectivity index (χ2n) is 6.48. The number of ether oxygens (including phenoxy) is 2. The number of carbonyl (C=O) groups excluding carboxylic acids is 1. The number of benzene rings is 3. The minimum absolute atomic E-state index is 0.205. The summed E-state index contributed by atoms with van der Waals surface area (Å²) in [5.41, 5.74) is 0.450. The Labute approximate surface area is 168 Å². The number of para-hydroxylation sites is 1. The second kappa shape index (κ2) is 8.73. The van der Waals surface area contributed by atoms with E-state index in [9.17, 15) is 13.6 Å². The Bertz CT molecular complexity index is 1010. The molecule has 0 fully saturated rings. The quantitative estimate of drug-likeness (QED) is 0.521. The van der Waals surface area contributed by atoms with E-state index in [2.05, 4.69) is 0 Å². The molecule has 0 saturated carbocycles. The highest BCUT2D eigenvalue weighted by Crippen LogP contribution is 2.38. The van der Waals surface area contributed by atoms with E-state index in [4.69, 9.17) is 9.47 Å². The molecule has 0 aromatic heterocycles. The smallest absolute Gasteiger partial charge is 0.224 e. The molecule has 150 valence electrons. The van der Waals surface area contributed by atoms with Crippen LogP contribution in [0.4, 0.5) is 14.5 Å². The van der Waals surface area contributed by atoms with Crippen LogP contribution in [0.3, 0.4) is 0 Å². The number of amides is 1. The number of methoxy groups -OCH3 is 1. The van der Waals surface area contributed by atoms with Crippen molar-refractivity contribution in [2.45, 2.75) is 19.9 Å². The first-order valence-electron chi connectivity index (χ1n) is 9.06. The average molecular weight is 397 g/mol. The minimum atomic E-state index is -0.734. The lowest BCUT2D eigenvalue weighted by Gasteiger charge is -2.30. The third kappa shape index (κ3) is 4.54. The van der Waals surface area contributed by atoms with E-state index in [-0.39, 0.29) is 22.9 Å². The van der Waals surface area contributed by atoms with Crippen molar-refractivity contribution >= 4 is 11.6 Å². The third-order valence-electron chi connectivity index (χ3n) is 4.53. The maximum atomic E-state index is 14.5. The first kappa shape index (κ1) is 20.3. The molecule has 3 aromatic carbocycles. The fourth-order valence-corrected chi connectivity index (χ4v) is 3.14. The fourth-order valence-electron chi connectivity index (χ4n) is 3.14. The van der Waals surface area contributed by atoms with E-state index in [0.717, 1.165) is 0 Å². The predicted octanol–water partition coefficient (Wildman–Crippen LogP) is 5.88. The maximum absolute atomic E-state index is 14.5. The molecular weight excluding hydrogens is 376 g/mol. The van der Waals surface area contributed by atoms with Gasteiger partial charge in [-0.2, -0.15) is 0 Å². The molecule has 0 aliphatic heterocycles. The van der Waals surface area contributed by atoms with E-state index in [1.807, 2.05) is 6.07 Å². The molecule has 0 radical (unpaired) electrons. The van der Waals surface area contributed by atoms with Crippen molar-refractivity contribution < 1.29 is 23.0 Å². The predicted molar refractivity (Wildman–Crippen MR) is 107 cm³/mol. The van der Waals surface area contributed by atoms with Crippen LogP contribution in [-0.4, -0.2) is 13.0 Å². The summed E-state index contributed by atoms with van der Waals surface area (Å²) >= 11 is 0. The van der Waals surface area contributed by atoms with E-state index in [0.29, 0.717) is 11.5 Å². The SMILES string of the molecule is COc1ccc(F)c(C(C)N(C(C)=O)c2cc(F)ccc2Oc2ccccc2)c1. The summed E-state index contributed by atoms with van der Waals surface area (Å²) in [6.07, 6.45) is 0. The number of rotatable bonds is 6. The van der Waals surface area contributed by atoms with Crippen LogP contribution in [0, 0.1) is 11.6 Å². The maximum Gasteiger partial charge on any atom is 0.224 e. The number of carbonyl (C=O) groups is 1. The van der Waals surface area contributed by atoms with Gasteiger partial charge in [0.1, 0.15) is 23.1 Å². The fraction of sp³-hybridized carbons (Fsp3) is 0.174. The third-order valence-corrected chi connectivity index (χ3v) is 4.53. The molecule has 4 nitrogen and oxygen atoms in total. The molecule has 0 aliphatic carbocycles. The zero-order valence-corrected chi connectivity index (χ0v) is 16.4. The van der Waals surface area contributed by atoms with Crippen LogP contribution >= 0.6 is 0 Å². The highest BCUT2D eigenvalue weighted by Gasteiger charge is 2.27. The summed E-state index contributed by atoms with van der Waals surface area (Å²) in [7, 11) is 1.48. The van der Waals surface area contributed by atoms with Crippen LogP contribution in [0.5, 0.6) is 17.2 Å². The van der Waals surface area contributed by atoms with Gasteiger partial charge in [0.15, 0.2) is 5.75 Å². The molecule has 0 saturated heterocycles. The largest absolute Gasteiger partial charge is 0.497 e. The van der Waals surface area contributed by atoms with Crippen molar-refractivity contribution in [3.8, 4) is 17.2 Å². The number of anilines is 1. The Hall–Kier alpha value is -3.41. The van der Waals surface area contributed by atoms with Crippen molar-refractivity contribution in [3.05, 3.63) is 83.9 Å². The lowest BCUT2D eigenvalue weighted by atomic mass is 10.0. The molecule has 0 heterocycles. The van der Waals surface area contributed by atoms with Crippen molar-refractivity contribution in [2.75, 3.05) is 12.0 Å². The van der Waals surface area contributed by atoms with Gasteiger partial charge in [-0.05, 0) is 49.4 Å². The Morgan fingerprint density at radius 3 is 2.34 bits per heavy atom. The van der Waals surface area contributed by atoms with Gasteiger partial charge in [-0.1, -0.05) is 18.2 Å². The Morgan fingerprint density at radius 2 is 1.69 bits per heavy atom. The number of hydrogen-bond donors (Lipinski definition) is 0. The van der Waals surface area contributed by atoms with Gasteiger partial charge in [-0.3, -0.25) is 4.79 Å². The zero-order valence-electron chi connectivity index (χ0n) is 16.4. The van der Waals surface area contributed by atoms with Crippen LogP contribution in [0.2, 0.25) is 0 Å². The van der Waals surface area contributed by atoms with Gasteiger partial charge in [0.2, 0.25) is 5.91 Å². The zero-order chi connectivity index (χ0) is 21.0. The molecule has 0 aliphatic rings. The highest BCUT2D eigenvalue weighted by atomic mass is 19.1. The molecule has 0 spiro atoms. The molecule has 3 aromatic rings. The molecule has 3 rings (SSSR count). The summed E-state index contributed by atoms with van der Waals surface area (Å²) in [6, 6.07) is 16.4. The van der Waals surface area contributed by atoms with Gasteiger partial charge in [-0.15, -0.1) is 0 Å². The lowest BCUT2D eigenvalue weighted by Crippen LogP contribution is -2.32. The normalized spacial score (nSPS) is 11.6. The van der Waals surface area contributed by atoms with E-state index >= 15 is 0 Å². The first-order valence-corrected chi connectivity index (χ1v) is 9.06. The van der Waals surface area contributed by atoms with Crippen molar-refractivity contribution in [1.29, 1.82) is 0 Å². The summed E-state index contributed by atoms with van der Waals surface area (Å²) in [5, 5.41) is 0. The van der Waals surface area contributed by atoms with Crippen LogP contribution in [0.1, 0.15) is 25.5 Å². The van der Waals surface area contributed by atoms with Gasteiger partial charge in [0, 0.05) is 18.6 Å². The summed E-state index contributed by atoms with van der Waals surface area (Å²) < 4.78 is 39.7. The Balaban J connectivity index is 2.07. The van der Waals surface area contributed by atoms with Gasteiger partial charge in [-0.25, -0.2) is 8.78 Å². The van der Waals surface area contributed by atoms with E-state index in [1.165, 1.54) is 55.3 Å². The molecule has 0 bridgehead atoms. The molecule has 1 atom stereocenters. The van der Waals surface area contributed by atoms with Crippen molar-refractivity contribution in [3.63, 3.8) is 0 Å². The summed E-state index contributed by atoms with van der Waals surface area (Å²) in [5.74, 6) is -0.150. The number of hydrogen-bond acceptors (Lipinski definition) is 3. The van der Waals surface area contributed by atoms with Gasteiger partial charge in [0.05, 0.1) is 18.8 Å². The standard InChI is InChI=1S/C23H21F2NO3/c1-15(20-14-19(28-3)10-11-21(20)25)26(16(2)27)22-13-17(24)9-12-23(22)29-18-7-5-4-6-8-18/h4-15H,1-3H3. The second-order valence-corrected chi connectivity index (χ2v) is 6.48.